The van der Waals surface area contributed by atoms with Crippen molar-refractivity contribution in [1.82, 2.24) is 4.98 Å². The molecule has 1 heterocycles. The molecule has 0 spiro atoms. The number of pyridine rings is 1. The lowest BCUT2D eigenvalue weighted by Gasteiger charge is -2.09. The lowest BCUT2D eigenvalue weighted by Crippen LogP contribution is -2.16. The van der Waals surface area contributed by atoms with E-state index < -0.39 is 0 Å². The lowest BCUT2D eigenvalue weighted by atomic mass is 10.1. The van der Waals surface area contributed by atoms with E-state index in [1.54, 1.807) is 12.3 Å². The average molecular weight is 207 g/mol. The molecule has 1 aromatic heterocycles. The highest BCUT2D eigenvalue weighted by Gasteiger charge is 2.08. The van der Waals surface area contributed by atoms with Crippen molar-refractivity contribution in [2.24, 2.45) is 11.7 Å². The molecule has 4 heteroatoms. The fraction of sp³-hybridized carbons (Fsp3) is 0.455. The van der Waals surface area contributed by atoms with E-state index in [1.807, 2.05) is 19.9 Å². The Balaban J connectivity index is 2.67. The third-order valence-corrected chi connectivity index (χ3v) is 1.96. The van der Waals surface area contributed by atoms with Crippen molar-refractivity contribution < 1.29 is 4.79 Å². The number of rotatable bonds is 4. The van der Waals surface area contributed by atoms with Crippen molar-refractivity contribution in [3.05, 3.63) is 23.9 Å². The minimum absolute atomic E-state index is 0.0154. The van der Waals surface area contributed by atoms with Crippen LogP contribution >= 0.6 is 0 Å². The Kier molecular flexibility index (Phi) is 4.24. The number of carbonyl (C=O) groups excluding carboxylic acids is 1. The van der Waals surface area contributed by atoms with E-state index in [4.69, 9.17) is 5.73 Å². The number of hydrogen-bond donors (Lipinski definition) is 2. The molecule has 3 N–H and O–H groups in total. The first kappa shape index (κ1) is 11.7. The number of nitrogens with two attached hydrogens (primary N) is 1. The van der Waals surface area contributed by atoms with E-state index in [0.29, 0.717) is 24.7 Å². The first-order valence-corrected chi connectivity index (χ1v) is 5.07. The minimum Gasteiger partial charge on any atom is -0.326 e. The van der Waals surface area contributed by atoms with E-state index in [0.717, 1.165) is 5.56 Å². The van der Waals surface area contributed by atoms with Crippen LogP contribution in [0, 0.1) is 5.92 Å². The fourth-order valence-corrected chi connectivity index (χ4v) is 1.27. The van der Waals surface area contributed by atoms with Gasteiger partial charge in [0.2, 0.25) is 5.91 Å². The minimum atomic E-state index is -0.0154. The number of carbonyl (C=O) groups is 1. The molecule has 0 aliphatic rings. The quantitative estimate of drug-likeness (QED) is 0.786. The predicted molar refractivity (Wildman–Crippen MR) is 60.2 cm³/mol. The second-order valence-corrected chi connectivity index (χ2v) is 3.86. The number of anilines is 1. The summed E-state index contributed by atoms with van der Waals surface area (Å²) in [6, 6.07) is 3.66. The molecule has 0 unspecified atom stereocenters. The number of nitrogens with zero attached hydrogens (tertiary/aromatic N) is 1. The third kappa shape index (κ3) is 3.67. The van der Waals surface area contributed by atoms with E-state index in [2.05, 4.69) is 10.3 Å². The molecule has 15 heavy (non-hydrogen) atoms. The Morgan fingerprint density at radius 1 is 1.60 bits per heavy atom. The van der Waals surface area contributed by atoms with Crippen LogP contribution in [0.2, 0.25) is 0 Å². The molecule has 4 nitrogen and oxygen atoms in total. The molecule has 82 valence electrons. The Hall–Kier alpha value is -1.42. The zero-order chi connectivity index (χ0) is 11.3. The number of amides is 1. The van der Waals surface area contributed by atoms with E-state index in [-0.39, 0.29) is 5.91 Å². The van der Waals surface area contributed by atoms with Gasteiger partial charge in [0.25, 0.3) is 0 Å². The Labute approximate surface area is 89.9 Å². The van der Waals surface area contributed by atoms with Gasteiger partial charge in [-0.05, 0) is 12.0 Å². The van der Waals surface area contributed by atoms with Crippen molar-refractivity contribution in [3.8, 4) is 0 Å². The van der Waals surface area contributed by atoms with Crippen LogP contribution in [0.3, 0.4) is 0 Å². The normalized spacial score (nSPS) is 10.4. The molecule has 0 saturated heterocycles. The SMILES string of the molecule is CC(C)CC(=O)Nc1ncccc1CN. The number of hydrogen-bond acceptors (Lipinski definition) is 3. The molecule has 1 rings (SSSR count). The highest BCUT2D eigenvalue weighted by Crippen LogP contribution is 2.11. The van der Waals surface area contributed by atoms with Gasteiger partial charge in [0.05, 0.1) is 0 Å². The van der Waals surface area contributed by atoms with Crippen molar-refractivity contribution in [1.29, 1.82) is 0 Å². The Morgan fingerprint density at radius 2 is 2.33 bits per heavy atom. The summed E-state index contributed by atoms with van der Waals surface area (Å²) < 4.78 is 0. The molecule has 0 fully saturated rings. The average Bonchev–Trinajstić information content (AvgIpc) is 2.17. The molecule has 0 aromatic carbocycles. The highest BCUT2D eigenvalue weighted by molar-refractivity contribution is 5.90. The largest absolute Gasteiger partial charge is 0.326 e. The van der Waals surface area contributed by atoms with Crippen LogP contribution in [-0.2, 0) is 11.3 Å². The Bertz CT molecular complexity index is 336. The van der Waals surface area contributed by atoms with Gasteiger partial charge in [-0.2, -0.15) is 0 Å². The maximum absolute atomic E-state index is 11.5. The summed E-state index contributed by atoms with van der Waals surface area (Å²) in [6.45, 7) is 4.38. The summed E-state index contributed by atoms with van der Waals surface area (Å²) in [5, 5.41) is 2.76. The molecule has 0 radical (unpaired) electrons. The van der Waals surface area contributed by atoms with Gasteiger partial charge < -0.3 is 11.1 Å². The van der Waals surface area contributed by atoms with Crippen LogP contribution in [0.5, 0.6) is 0 Å². The summed E-state index contributed by atoms with van der Waals surface area (Å²) in [5.41, 5.74) is 6.39. The topological polar surface area (TPSA) is 68.0 Å². The molecule has 1 aromatic rings. The van der Waals surface area contributed by atoms with Crippen molar-refractivity contribution in [2.75, 3.05) is 5.32 Å². The summed E-state index contributed by atoms with van der Waals surface area (Å²) in [7, 11) is 0. The van der Waals surface area contributed by atoms with E-state index in [9.17, 15) is 4.79 Å². The van der Waals surface area contributed by atoms with Crippen LogP contribution < -0.4 is 11.1 Å². The number of aromatic nitrogens is 1. The van der Waals surface area contributed by atoms with Crippen molar-refractivity contribution >= 4 is 11.7 Å². The standard InChI is InChI=1S/C11H17N3O/c1-8(2)6-10(15)14-11-9(7-12)4-3-5-13-11/h3-5,8H,6-7,12H2,1-2H3,(H,13,14,15). The zero-order valence-corrected chi connectivity index (χ0v) is 9.16. The Morgan fingerprint density at radius 3 is 2.93 bits per heavy atom. The lowest BCUT2D eigenvalue weighted by molar-refractivity contribution is -0.116. The second-order valence-electron chi connectivity index (χ2n) is 3.86. The summed E-state index contributed by atoms with van der Waals surface area (Å²) in [4.78, 5) is 15.6. The second kappa shape index (κ2) is 5.46. The van der Waals surface area contributed by atoms with Crippen LogP contribution in [-0.4, -0.2) is 10.9 Å². The highest BCUT2D eigenvalue weighted by atomic mass is 16.1. The van der Waals surface area contributed by atoms with E-state index >= 15 is 0 Å². The zero-order valence-electron chi connectivity index (χ0n) is 9.16. The number of nitrogens with one attached hydrogen (secondary N) is 1. The van der Waals surface area contributed by atoms with Gasteiger partial charge in [0.1, 0.15) is 5.82 Å². The van der Waals surface area contributed by atoms with Crippen molar-refractivity contribution in [3.63, 3.8) is 0 Å². The van der Waals surface area contributed by atoms with Gasteiger partial charge in [-0.25, -0.2) is 4.98 Å². The summed E-state index contributed by atoms with van der Waals surface area (Å²) in [6.07, 6.45) is 2.14. The predicted octanol–water partition coefficient (Wildman–Crippen LogP) is 1.52. The molecule has 0 aliphatic carbocycles. The van der Waals surface area contributed by atoms with Gasteiger partial charge in [-0.1, -0.05) is 19.9 Å². The van der Waals surface area contributed by atoms with Crippen molar-refractivity contribution in [2.45, 2.75) is 26.8 Å². The fourth-order valence-electron chi connectivity index (χ4n) is 1.27. The van der Waals surface area contributed by atoms with E-state index in [1.165, 1.54) is 0 Å². The third-order valence-electron chi connectivity index (χ3n) is 1.96. The van der Waals surface area contributed by atoms with Crippen LogP contribution in [0.1, 0.15) is 25.8 Å². The van der Waals surface area contributed by atoms with Crippen LogP contribution in [0.25, 0.3) is 0 Å². The molecule has 0 atom stereocenters. The van der Waals surface area contributed by atoms with Gasteiger partial charge in [0.15, 0.2) is 0 Å². The van der Waals surface area contributed by atoms with Gasteiger partial charge >= 0.3 is 0 Å². The molecule has 0 aliphatic heterocycles. The molecule has 1 amide bonds. The molecular weight excluding hydrogens is 190 g/mol. The maximum atomic E-state index is 11.5. The first-order valence-electron chi connectivity index (χ1n) is 5.07. The van der Waals surface area contributed by atoms with Crippen LogP contribution in [0.4, 0.5) is 5.82 Å². The smallest absolute Gasteiger partial charge is 0.225 e. The van der Waals surface area contributed by atoms with Crippen LogP contribution in [0.15, 0.2) is 18.3 Å². The monoisotopic (exact) mass is 207 g/mol. The maximum Gasteiger partial charge on any atom is 0.225 e. The van der Waals surface area contributed by atoms with Gasteiger partial charge in [-0.3, -0.25) is 4.79 Å². The van der Waals surface area contributed by atoms with Gasteiger partial charge in [0, 0.05) is 24.7 Å². The molecule has 0 saturated carbocycles. The van der Waals surface area contributed by atoms with Gasteiger partial charge in [-0.15, -0.1) is 0 Å². The summed E-state index contributed by atoms with van der Waals surface area (Å²) >= 11 is 0. The summed E-state index contributed by atoms with van der Waals surface area (Å²) in [5.74, 6) is 0.902. The molecule has 0 bridgehead atoms. The first-order chi connectivity index (χ1) is 7.13. The molecular formula is C11H17N3O.